The highest BCUT2D eigenvalue weighted by molar-refractivity contribution is 9.09. The molecular weight excluding hydrogens is 642 g/mol. The first kappa shape index (κ1) is 30.7. The molecule has 4 rings (SSSR count). The van der Waals surface area contributed by atoms with Crippen molar-refractivity contribution in [1.29, 1.82) is 0 Å². The van der Waals surface area contributed by atoms with E-state index in [1.54, 1.807) is 0 Å². The van der Waals surface area contributed by atoms with E-state index in [1.165, 1.54) is 0 Å². The lowest BCUT2D eigenvalue weighted by Gasteiger charge is -2.38. The van der Waals surface area contributed by atoms with Crippen molar-refractivity contribution in [3.8, 4) is 0 Å². The van der Waals surface area contributed by atoms with E-state index in [4.69, 9.17) is 18.9 Å². The highest BCUT2D eigenvalue weighted by atomic mass is 79.9. The first-order valence-electron chi connectivity index (χ1n) is 12.1. The molecular formula is C26H18BrN3O13. The van der Waals surface area contributed by atoms with Gasteiger partial charge in [-0.2, -0.15) is 0 Å². The van der Waals surface area contributed by atoms with E-state index in [1.807, 2.05) is 0 Å². The number of nitro groups is 3. The Hall–Kier alpha value is -5.29. The maximum Gasteiger partial charge on any atom is 0.338 e. The number of carbonyl (C=O) groups is 3. The normalized spacial score (nSPS) is 19.5. The molecule has 1 aliphatic rings. The molecule has 1 heterocycles. The summed E-state index contributed by atoms with van der Waals surface area (Å²) < 4.78 is 22.2. The number of non-ortho nitro benzene ring substituents is 3. The quantitative estimate of drug-likeness (QED) is 0.104. The molecule has 43 heavy (non-hydrogen) atoms. The Bertz CT molecular complexity index is 1560. The number of rotatable bonds is 9. The summed E-state index contributed by atoms with van der Waals surface area (Å²) in [4.78, 5) is 69.8. The van der Waals surface area contributed by atoms with Crippen LogP contribution in [0.4, 0.5) is 17.1 Å². The van der Waals surface area contributed by atoms with E-state index in [-0.39, 0.29) is 40.4 Å². The summed E-state index contributed by atoms with van der Waals surface area (Å²) in [6.45, 7) is -0.349. The summed E-state index contributed by atoms with van der Waals surface area (Å²) in [5.41, 5.74) is -1.10. The van der Waals surface area contributed by atoms with Crippen LogP contribution < -0.4 is 0 Å². The number of benzene rings is 3. The number of ether oxygens (including phenoxy) is 4. The smallest absolute Gasteiger partial charge is 0.338 e. The van der Waals surface area contributed by atoms with Crippen molar-refractivity contribution in [2.75, 3.05) is 6.61 Å². The monoisotopic (exact) mass is 659 g/mol. The van der Waals surface area contributed by atoms with Gasteiger partial charge in [0.1, 0.15) is 0 Å². The van der Waals surface area contributed by atoms with Gasteiger partial charge < -0.3 is 18.9 Å². The number of nitrogens with zero attached hydrogens (tertiary/aromatic N) is 3. The zero-order valence-electron chi connectivity index (χ0n) is 21.5. The van der Waals surface area contributed by atoms with Gasteiger partial charge in [0, 0.05) is 36.4 Å². The Balaban J connectivity index is 1.60. The predicted octanol–water partition coefficient (Wildman–Crippen LogP) is 4.14. The lowest BCUT2D eigenvalue weighted by atomic mass is 10.0. The van der Waals surface area contributed by atoms with Crippen LogP contribution in [0.3, 0.4) is 0 Å². The average molecular weight is 660 g/mol. The van der Waals surface area contributed by atoms with Gasteiger partial charge in [-0.05, 0) is 36.4 Å². The van der Waals surface area contributed by atoms with Gasteiger partial charge in [0.05, 0.1) is 38.1 Å². The zero-order valence-corrected chi connectivity index (χ0v) is 23.1. The van der Waals surface area contributed by atoms with Gasteiger partial charge in [0.25, 0.3) is 17.1 Å². The van der Waals surface area contributed by atoms with Crippen molar-refractivity contribution in [2.45, 2.75) is 23.3 Å². The number of halogens is 1. The Kier molecular flexibility index (Phi) is 9.36. The van der Waals surface area contributed by atoms with Crippen LogP contribution in [0.1, 0.15) is 31.1 Å². The highest BCUT2D eigenvalue weighted by Gasteiger charge is 2.47. The molecule has 0 radical (unpaired) electrons. The van der Waals surface area contributed by atoms with Crippen LogP contribution >= 0.6 is 15.9 Å². The van der Waals surface area contributed by atoms with Crippen molar-refractivity contribution in [1.82, 2.24) is 0 Å². The second-order valence-corrected chi connectivity index (χ2v) is 9.68. The van der Waals surface area contributed by atoms with Crippen LogP contribution in [0.15, 0.2) is 72.8 Å². The summed E-state index contributed by atoms with van der Waals surface area (Å²) in [6.07, 6.45) is -4.30. The number of nitro benzene ring substituents is 3. The summed E-state index contributed by atoms with van der Waals surface area (Å²) in [7, 11) is 0. The molecule has 17 heteroatoms. The fourth-order valence-electron chi connectivity index (χ4n) is 3.85. The first-order valence-corrected chi connectivity index (χ1v) is 13.0. The van der Waals surface area contributed by atoms with Gasteiger partial charge >= 0.3 is 17.9 Å². The van der Waals surface area contributed by atoms with Gasteiger partial charge in [-0.3, -0.25) is 30.3 Å². The number of esters is 3. The van der Waals surface area contributed by atoms with Crippen molar-refractivity contribution >= 4 is 50.9 Å². The minimum atomic E-state index is -1.50. The molecule has 0 aliphatic carbocycles. The molecule has 3 aromatic rings. The second kappa shape index (κ2) is 13.1. The molecule has 0 aromatic heterocycles. The topological polar surface area (TPSA) is 218 Å². The Morgan fingerprint density at radius 1 is 0.605 bits per heavy atom. The summed E-state index contributed by atoms with van der Waals surface area (Å²) in [6, 6.07) is 13.4. The van der Waals surface area contributed by atoms with E-state index < -0.39 is 56.0 Å². The maximum atomic E-state index is 13.0. The Morgan fingerprint density at radius 3 is 1.28 bits per heavy atom. The third-order valence-electron chi connectivity index (χ3n) is 6.05. The van der Waals surface area contributed by atoms with E-state index in [0.717, 1.165) is 72.8 Å². The molecule has 1 aliphatic heterocycles. The molecule has 3 aromatic carbocycles. The van der Waals surface area contributed by atoms with E-state index >= 15 is 0 Å². The van der Waals surface area contributed by atoms with Crippen molar-refractivity contribution in [3.63, 3.8) is 0 Å². The van der Waals surface area contributed by atoms with Crippen molar-refractivity contribution in [2.24, 2.45) is 0 Å². The molecule has 0 unspecified atom stereocenters. The van der Waals surface area contributed by atoms with Crippen molar-refractivity contribution < 1.29 is 48.1 Å². The molecule has 0 amide bonds. The van der Waals surface area contributed by atoms with Crippen LogP contribution in [-0.2, 0) is 18.9 Å². The molecule has 1 saturated heterocycles. The summed E-state index contributed by atoms with van der Waals surface area (Å²) >= 11 is 3.20. The lowest BCUT2D eigenvalue weighted by molar-refractivity contribution is -0.385. The van der Waals surface area contributed by atoms with Crippen molar-refractivity contribution in [3.05, 3.63) is 120 Å². The van der Waals surface area contributed by atoms with Gasteiger partial charge in [-0.15, -0.1) is 0 Å². The number of hydrogen-bond acceptors (Lipinski definition) is 13. The number of carbonyl (C=O) groups excluding carboxylic acids is 3. The van der Waals surface area contributed by atoms with Crippen LogP contribution in [0.5, 0.6) is 0 Å². The lowest BCUT2D eigenvalue weighted by Crippen LogP contribution is -2.56. The fourth-order valence-corrected chi connectivity index (χ4v) is 4.41. The van der Waals surface area contributed by atoms with Gasteiger partial charge in [-0.1, -0.05) is 15.9 Å². The van der Waals surface area contributed by atoms with Crippen LogP contribution in [0, 0.1) is 30.3 Å². The molecule has 0 saturated carbocycles. The molecule has 0 spiro atoms. The number of hydrogen-bond donors (Lipinski definition) is 0. The van der Waals surface area contributed by atoms with Gasteiger partial charge in [0.2, 0.25) is 0 Å². The van der Waals surface area contributed by atoms with Crippen LogP contribution in [0.2, 0.25) is 0 Å². The summed E-state index contributed by atoms with van der Waals surface area (Å²) in [5, 5.41) is 31.8. The predicted molar refractivity (Wildman–Crippen MR) is 146 cm³/mol. The van der Waals surface area contributed by atoms with E-state index in [2.05, 4.69) is 15.9 Å². The van der Waals surface area contributed by atoms with Crippen LogP contribution in [0.25, 0.3) is 0 Å². The second-order valence-electron chi connectivity index (χ2n) is 8.78. The van der Waals surface area contributed by atoms with E-state index in [9.17, 15) is 44.7 Å². The third kappa shape index (κ3) is 7.32. The highest BCUT2D eigenvalue weighted by Crippen LogP contribution is 2.30. The Morgan fingerprint density at radius 2 is 0.930 bits per heavy atom. The molecule has 222 valence electrons. The molecule has 0 N–H and O–H groups in total. The van der Waals surface area contributed by atoms with E-state index in [0.29, 0.717) is 0 Å². The molecule has 0 bridgehead atoms. The minimum Gasteiger partial charge on any atom is -0.452 e. The molecule has 4 atom stereocenters. The standard InChI is InChI=1S/C26H18BrN3O13/c27-23-22(43-26(33)16-5-11-19(12-6-16)30(38)39)21(42-25(32)15-3-9-18(10-4-15)29(36)37)20(13-40-23)41-24(31)14-1-7-17(8-2-14)28(34)35/h1-12,20-23H,13H2/t20-,21-,22+,23-/m1/s1. The molecule has 1 fully saturated rings. The number of alkyl halides is 1. The minimum absolute atomic E-state index is 0.0774. The average Bonchev–Trinajstić information content (AvgIpc) is 3.00. The van der Waals surface area contributed by atoms with Crippen LogP contribution in [-0.4, -0.2) is 62.6 Å². The summed E-state index contributed by atoms with van der Waals surface area (Å²) in [5.74, 6) is -2.95. The van der Waals surface area contributed by atoms with Gasteiger partial charge in [0.15, 0.2) is 23.3 Å². The first-order chi connectivity index (χ1) is 20.4. The van der Waals surface area contributed by atoms with Gasteiger partial charge in [-0.25, -0.2) is 14.4 Å². The Labute approximate surface area is 248 Å². The maximum absolute atomic E-state index is 13.0. The molecule has 16 nitrogen and oxygen atoms in total. The largest absolute Gasteiger partial charge is 0.452 e. The zero-order chi connectivity index (χ0) is 31.3. The fraction of sp³-hybridized carbons (Fsp3) is 0.192. The third-order valence-corrected chi connectivity index (χ3v) is 6.84. The SMILES string of the molecule is O=C(O[C@H]1[C@H](OC(=O)c2ccc([N+](=O)[O-])cc2)[C@H](OC(=O)c2ccc([N+](=O)[O-])cc2)CO[C@H]1Br)c1ccc([N+](=O)[O-])cc1.